The summed E-state index contributed by atoms with van der Waals surface area (Å²) in [5.41, 5.74) is 6.18. The van der Waals surface area contributed by atoms with Crippen molar-refractivity contribution in [2.45, 2.75) is 72.6 Å². The maximum absolute atomic E-state index is 13.5. The van der Waals surface area contributed by atoms with Crippen LogP contribution in [0.5, 0.6) is 0 Å². The summed E-state index contributed by atoms with van der Waals surface area (Å²) in [4.78, 5) is 24.8. The zero-order valence-corrected chi connectivity index (χ0v) is 21.0. The molecule has 2 rings (SSSR count). The van der Waals surface area contributed by atoms with E-state index in [2.05, 4.69) is 25.2 Å². The molecular weight excluding hydrogens is 449 g/mol. The van der Waals surface area contributed by atoms with Gasteiger partial charge in [-0.15, -0.1) is 0 Å². The Kier molecular flexibility index (Phi) is 9.33. The number of nitrogens with one attached hydrogen (secondary N) is 1. The van der Waals surface area contributed by atoms with Crippen LogP contribution in [0.25, 0.3) is 11.2 Å². The summed E-state index contributed by atoms with van der Waals surface area (Å²) in [6.07, 6.45) is 3.87. The van der Waals surface area contributed by atoms with Gasteiger partial charge in [-0.2, -0.15) is 0 Å². The molecule has 13 heteroatoms. The van der Waals surface area contributed by atoms with E-state index in [0.717, 1.165) is 12.8 Å². The van der Waals surface area contributed by atoms with Crippen LogP contribution in [0.1, 0.15) is 54.4 Å². The third-order valence-corrected chi connectivity index (χ3v) is 6.19. The summed E-state index contributed by atoms with van der Waals surface area (Å²) in [5.74, 6) is -0.248. The van der Waals surface area contributed by atoms with E-state index in [1.165, 1.54) is 6.33 Å². The summed E-state index contributed by atoms with van der Waals surface area (Å²) < 4.78 is 31.7. The van der Waals surface area contributed by atoms with E-state index >= 15 is 0 Å². The Morgan fingerprint density at radius 1 is 1.33 bits per heavy atom. The number of nitrogen functional groups attached to an aromatic ring is 1. The summed E-state index contributed by atoms with van der Waals surface area (Å²) >= 11 is 0. The standard InChI is InChI=1S/C20H34N7O5P/c1-7-8-9-30-19(28)20(5,6)26-33(29,32-25-14(2)3)13-31-15(4)10-27-12-24-16-17(21)22-11-23-18(16)27/h11-12,15H,7-10,13H2,1-6H3,(H,26,29)(H2,21,22,23)/t15-,33+/m1/s1. The number of ether oxygens (including phenoxy) is 2. The van der Waals surface area contributed by atoms with Gasteiger partial charge >= 0.3 is 13.5 Å². The molecule has 0 saturated carbocycles. The molecule has 0 aliphatic carbocycles. The normalized spacial score (nSPS) is 14.5. The lowest BCUT2D eigenvalue weighted by Crippen LogP contribution is -2.46. The number of oxime groups is 1. The summed E-state index contributed by atoms with van der Waals surface area (Å²) in [6, 6.07) is 0. The third-order valence-electron chi connectivity index (χ3n) is 4.46. The second kappa shape index (κ2) is 11.5. The number of imidazole rings is 1. The molecule has 0 saturated heterocycles. The molecule has 0 unspecified atom stereocenters. The Morgan fingerprint density at radius 2 is 2.06 bits per heavy atom. The van der Waals surface area contributed by atoms with Gasteiger partial charge in [0.2, 0.25) is 0 Å². The lowest BCUT2D eigenvalue weighted by atomic mass is 10.1. The predicted octanol–water partition coefficient (Wildman–Crippen LogP) is 3.09. The molecule has 0 radical (unpaired) electrons. The van der Waals surface area contributed by atoms with Crippen LogP contribution in [0.2, 0.25) is 0 Å². The van der Waals surface area contributed by atoms with Gasteiger partial charge in [-0.1, -0.05) is 18.5 Å². The van der Waals surface area contributed by atoms with Crippen molar-refractivity contribution in [3.8, 4) is 0 Å². The van der Waals surface area contributed by atoms with Crippen molar-refractivity contribution in [3.63, 3.8) is 0 Å². The van der Waals surface area contributed by atoms with Crippen molar-refractivity contribution in [3.05, 3.63) is 12.7 Å². The molecule has 184 valence electrons. The van der Waals surface area contributed by atoms with Crippen molar-refractivity contribution in [2.75, 3.05) is 18.7 Å². The maximum Gasteiger partial charge on any atom is 0.365 e. The highest BCUT2D eigenvalue weighted by Crippen LogP contribution is 2.45. The molecule has 2 aromatic heterocycles. The zero-order valence-electron chi connectivity index (χ0n) is 20.1. The Labute approximate surface area is 193 Å². The van der Waals surface area contributed by atoms with Crippen LogP contribution < -0.4 is 10.8 Å². The molecule has 0 aromatic carbocycles. The number of rotatable bonds is 13. The number of fused-ring (bicyclic) bond motifs is 1. The van der Waals surface area contributed by atoms with Gasteiger partial charge in [0.15, 0.2) is 11.5 Å². The number of unbranched alkanes of at least 4 members (excludes halogenated alkanes) is 1. The summed E-state index contributed by atoms with van der Waals surface area (Å²) in [5, 5.41) is 6.61. The van der Waals surface area contributed by atoms with Crippen LogP contribution in [0, 0.1) is 0 Å². The van der Waals surface area contributed by atoms with Gasteiger partial charge in [-0.25, -0.2) is 20.0 Å². The molecule has 2 aromatic rings. The quantitative estimate of drug-likeness (QED) is 0.143. The molecule has 33 heavy (non-hydrogen) atoms. The second-order valence-electron chi connectivity index (χ2n) is 8.45. The Hall–Kier alpha value is -2.56. The van der Waals surface area contributed by atoms with Crippen LogP contribution in [0.4, 0.5) is 5.82 Å². The number of anilines is 1. The number of nitrogens with two attached hydrogens (primary N) is 1. The lowest BCUT2D eigenvalue weighted by Gasteiger charge is -2.29. The van der Waals surface area contributed by atoms with E-state index in [0.29, 0.717) is 23.4 Å². The van der Waals surface area contributed by atoms with Crippen LogP contribution >= 0.6 is 7.52 Å². The van der Waals surface area contributed by atoms with Crippen molar-refractivity contribution >= 4 is 36.2 Å². The van der Waals surface area contributed by atoms with Gasteiger partial charge in [0, 0.05) is 0 Å². The van der Waals surface area contributed by atoms with Crippen molar-refractivity contribution in [1.82, 2.24) is 24.6 Å². The molecule has 0 aliphatic rings. The van der Waals surface area contributed by atoms with Gasteiger partial charge in [0.1, 0.15) is 23.7 Å². The number of nitrogens with zero attached hydrogens (tertiary/aromatic N) is 5. The molecule has 0 fully saturated rings. The molecule has 0 aliphatic heterocycles. The predicted molar refractivity (Wildman–Crippen MR) is 126 cm³/mol. The Bertz CT molecular complexity index is 1020. The molecule has 0 amide bonds. The van der Waals surface area contributed by atoms with Gasteiger partial charge in [0.25, 0.3) is 0 Å². The number of carbonyl (C=O) groups is 1. The topological polar surface area (TPSA) is 156 Å². The molecule has 2 heterocycles. The van der Waals surface area contributed by atoms with Gasteiger partial charge in [-0.3, -0.25) is 9.36 Å². The van der Waals surface area contributed by atoms with Crippen LogP contribution in [0.15, 0.2) is 17.8 Å². The molecule has 2 atom stereocenters. The number of carbonyl (C=O) groups excluding carboxylic acids is 1. The highest BCUT2D eigenvalue weighted by Gasteiger charge is 2.39. The minimum Gasteiger partial charge on any atom is -0.464 e. The lowest BCUT2D eigenvalue weighted by molar-refractivity contribution is -0.149. The largest absolute Gasteiger partial charge is 0.464 e. The summed E-state index contributed by atoms with van der Waals surface area (Å²) in [6.45, 7) is 11.0. The van der Waals surface area contributed by atoms with Crippen LogP contribution in [0.3, 0.4) is 0 Å². The fourth-order valence-corrected chi connectivity index (χ4v) is 4.61. The third kappa shape index (κ3) is 7.76. The molecule has 3 N–H and O–H groups in total. The first-order valence-corrected chi connectivity index (χ1v) is 12.6. The SMILES string of the molecule is CCCCOC(=O)C(C)(C)N[P@](=O)(CO[C@H](C)Cn1cnc2c(N)ncnc21)ON=C(C)C. The highest BCUT2D eigenvalue weighted by atomic mass is 31.2. The Morgan fingerprint density at radius 3 is 2.73 bits per heavy atom. The minimum absolute atomic E-state index is 0.287. The van der Waals surface area contributed by atoms with E-state index in [1.807, 2.05) is 6.92 Å². The average molecular weight is 484 g/mol. The number of hydrogen-bond acceptors (Lipinski definition) is 10. The molecule has 0 bridgehead atoms. The first-order chi connectivity index (χ1) is 15.5. The van der Waals surface area contributed by atoms with E-state index < -0.39 is 25.1 Å². The van der Waals surface area contributed by atoms with E-state index in [1.54, 1.807) is 45.5 Å². The number of hydrogen-bond donors (Lipinski definition) is 2. The van der Waals surface area contributed by atoms with E-state index in [4.69, 9.17) is 19.8 Å². The van der Waals surface area contributed by atoms with E-state index in [-0.39, 0.29) is 18.8 Å². The van der Waals surface area contributed by atoms with Crippen LogP contribution in [-0.2, 0) is 30.0 Å². The van der Waals surface area contributed by atoms with Crippen LogP contribution in [-0.4, -0.2) is 55.8 Å². The van der Waals surface area contributed by atoms with Gasteiger partial charge < -0.3 is 24.4 Å². The fraction of sp³-hybridized carbons (Fsp3) is 0.650. The molecule has 12 nitrogen and oxygen atoms in total. The van der Waals surface area contributed by atoms with Crippen molar-refractivity contribution in [2.24, 2.45) is 5.16 Å². The van der Waals surface area contributed by atoms with E-state index in [9.17, 15) is 9.36 Å². The summed E-state index contributed by atoms with van der Waals surface area (Å²) in [7, 11) is -3.72. The monoisotopic (exact) mass is 483 g/mol. The van der Waals surface area contributed by atoms with Gasteiger partial charge in [0.05, 0.1) is 31.3 Å². The number of aromatic nitrogens is 4. The highest BCUT2D eigenvalue weighted by molar-refractivity contribution is 7.56. The molecule has 0 spiro atoms. The molecular formula is C20H34N7O5P. The first kappa shape index (κ1) is 26.7. The van der Waals surface area contributed by atoms with Crippen molar-refractivity contribution in [1.29, 1.82) is 0 Å². The fourth-order valence-electron chi connectivity index (χ4n) is 2.77. The maximum atomic E-state index is 13.5. The first-order valence-electron chi connectivity index (χ1n) is 10.8. The second-order valence-corrected chi connectivity index (χ2v) is 10.4. The van der Waals surface area contributed by atoms with Gasteiger partial charge in [-0.05, 0) is 41.0 Å². The Balaban J connectivity index is 2.08. The zero-order chi connectivity index (χ0) is 24.6. The van der Waals surface area contributed by atoms with Crippen molar-refractivity contribution < 1.29 is 23.5 Å². The average Bonchev–Trinajstić information content (AvgIpc) is 3.15. The smallest absolute Gasteiger partial charge is 0.365 e. The number of esters is 1. The minimum atomic E-state index is -3.72.